The number of thiazole rings is 1. The Bertz CT molecular complexity index is 1170. The van der Waals surface area contributed by atoms with Gasteiger partial charge in [0.05, 0.1) is 18.8 Å². The lowest BCUT2D eigenvalue weighted by Gasteiger charge is -2.08. The first-order valence-corrected chi connectivity index (χ1v) is 11.7. The molecule has 0 fully saturated rings. The zero-order chi connectivity index (χ0) is 23.0. The highest BCUT2D eigenvalue weighted by molar-refractivity contribution is 7.14. The number of nitrogens with zero attached hydrogens (tertiary/aromatic N) is 4. The lowest BCUT2D eigenvalue weighted by molar-refractivity contribution is 0.101. The average molecular weight is 462 g/mol. The predicted octanol–water partition coefficient (Wildman–Crippen LogP) is 4.64. The van der Waals surface area contributed by atoms with Gasteiger partial charge in [-0.15, -0.1) is 16.4 Å². The van der Waals surface area contributed by atoms with Crippen LogP contribution in [0.1, 0.15) is 22.5 Å². The van der Waals surface area contributed by atoms with Crippen LogP contribution in [0, 0.1) is 0 Å². The molecule has 0 saturated heterocycles. The van der Waals surface area contributed by atoms with Crippen molar-refractivity contribution in [1.82, 2.24) is 19.7 Å². The van der Waals surface area contributed by atoms with E-state index in [0.717, 1.165) is 29.8 Å². The van der Waals surface area contributed by atoms with E-state index in [4.69, 9.17) is 4.74 Å². The molecule has 1 N–H and O–H groups in total. The molecule has 2 aromatic carbocycles. The van der Waals surface area contributed by atoms with Crippen molar-refractivity contribution < 1.29 is 9.53 Å². The van der Waals surface area contributed by atoms with Crippen molar-refractivity contribution in [3.8, 4) is 17.1 Å². The standard InChI is InChI=1S/C25H27N5O2S/c1-29(2)14-9-15-32-23-16-22(30(28-23)17-19-10-5-3-6-11-19)24(31)27-25-26-21(18-33-25)20-12-7-4-8-13-20/h3-8,10-13,16,18H,9,14-15,17H2,1-2H3,(H,26,27,31). The van der Waals surface area contributed by atoms with Crippen LogP contribution in [-0.2, 0) is 6.54 Å². The number of aromatic nitrogens is 3. The molecule has 1 amide bonds. The molecule has 4 rings (SSSR count). The van der Waals surface area contributed by atoms with Crippen molar-refractivity contribution in [2.75, 3.05) is 32.6 Å². The maximum atomic E-state index is 13.1. The van der Waals surface area contributed by atoms with Gasteiger partial charge in [0.2, 0.25) is 5.88 Å². The summed E-state index contributed by atoms with van der Waals surface area (Å²) in [6.07, 6.45) is 0.876. The largest absolute Gasteiger partial charge is 0.477 e. The van der Waals surface area contributed by atoms with Crippen LogP contribution in [0.4, 0.5) is 5.13 Å². The van der Waals surface area contributed by atoms with E-state index in [2.05, 4.69) is 20.3 Å². The number of ether oxygens (including phenoxy) is 1. The zero-order valence-electron chi connectivity index (χ0n) is 18.8. The molecule has 0 atom stereocenters. The number of hydrogen-bond donors (Lipinski definition) is 1. The van der Waals surface area contributed by atoms with Gasteiger partial charge in [0, 0.05) is 23.6 Å². The van der Waals surface area contributed by atoms with Gasteiger partial charge in [0.1, 0.15) is 5.69 Å². The molecule has 0 radical (unpaired) electrons. The molecule has 0 aliphatic rings. The molecule has 0 aliphatic carbocycles. The van der Waals surface area contributed by atoms with Crippen molar-refractivity contribution in [3.63, 3.8) is 0 Å². The van der Waals surface area contributed by atoms with Crippen molar-refractivity contribution in [2.24, 2.45) is 0 Å². The Morgan fingerprint density at radius 1 is 1.09 bits per heavy atom. The van der Waals surface area contributed by atoms with Crippen LogP contribution in [0.3, 0.4) is 0 Å². The monoisotopic (exact) mass is 461 g/mol. The smallest absolute Gasteiger partial charge is 0.275 e. The van der Waals surface area contributed by atoms with Crippen molar-refractivity contribution >= 4 is 22.4 Å². The summed E-state index contributed by atoms with van der Waals surface area (Å²) in [5.74, 6) is 0.175. The van der Waals surface area contributed by atoms with Crippen LogP contribution in [0.5, 0.6) is 5.88 Å². The number of benzene rings is 2. The average Bonchev–Trinajstić information content (AvgIpc) is 3.45. The molecule has 2 aromatic heterocycles. The van der Waals surface area contributed by atoms with Crippen LogP contribution < -0.4 is 10.1 Å². The highest BCUT2D eigenvalue weighted by Crippen LogP contribution is 2.25. The fraction of sp³-hybridized carbons (Fsp3) is 0.240. The van der Waals surface area contributed by atoms with Crippen LogP contribution in [0.2, 0.25) is 0 Å². The lowest BCUT2D eigenvalue weighted by Crippen LogP contribution is -2.18. The second-order valence-electron chi connectivity index (χ2n) is 7.87. The number of nitrogens with one attached hydrogen (secondary N) is 1. The zero-order valence-corrected chi connectivity index (χ0v) is 19.6. The van der Waals surface area contributed by atoms with E-state index in [1.807, 2.05) is 80.1 Å². The summed E-state index contributed by atoms with van der Waals surface area (Å²) < 4.78 is 7.50. The first kappa shape index (κ1) is 22.7. The van der Waals surface area contributed by atoms with E-state index in [-0.39, 0.29) is 5.91 Å². The third-order valence-corrected chi connectivity index (χ3v) is 5.72. The van der Waals surface area contributed by atoms with E-state index in [0.29, 0.717) is 29.9 Å². The Hall–Kier alpha value is -3.49. The molecular weight excluding hydrogens is 434 g/mol. The molecule has 8 heteroatoms. The van der Waals surface area contributed by atoms with Gasteiger partial charge in [-0.05, 0) is 26.1 Å². The van der Waals surface area contributed by atoms with Crippen molar-refractivity contribution in [2.45, 2.75) is 13.0 Å². The van der Waals surface area contributed by atoms with Gasteiger partial charge in [0.25, 0.3) is 5.91 Å². The third-order valence-electron chi connectivity index (χ3n) is 4.96. The van der Waals surface area contributed by atoms with Crippen molar-refractivity contribution in [3.05, 3.63) is 83.4 Å². The van der Waals surface area contributed by atoms with Crippen molar-refractivity contribution in [1.29, 1.82) is 0 Å². The Morgan fingerprint density at radius 3 is 2.55 bits per heavy atom. The van der Waals surface area contributed by atoms with Gasteiger partial charge >= 0.3 is 0 Å². The van der Waals surface area contributed by atoms with Gasteiger partial charge in [-0.25, -0.2) is 4.98 Å². The summed E-state index contributed by atoms with van der Waals surface area (Å²) in [7, 11) is 4.05. The molecule has 0 bridgehead atoms. The lowest BCUT2D eigenvalue weighted by atomic mass is 10.2. The first-order valence-electron chi connectivity index (χ1n) is 10.8. The SMILES string of the molecule is CN(C)CCCOc1cc(C(=O)Nc2nc(-c3ccccc3)cs2)n(Cc2ccccc2)n1. The number of hydrogen-bond acceptors (Lipinski definition) is 6. The van der Waals surface area contributed by atoms with Crippen LogP contribution in [-0.4, -0.2) is 52.8 Å². The minimum atomic E-state index is -0.268. The van der Waals surface area contributed by atoms with Gasteiger partial charge in [-0.3, -0.25) is 14.8 Å². The Labute approximate surface area is 197 Å². The topological polar surface area (TPSA) is 72.3 Å². The minimum absolute atomic E-state index is 0.268. The maximum absolute atomic E-state index is 13.1. The van der Waals surface area contributed by atoms with Crippen LogP contribution in [0.15, 0.2) is 72.1 Å². The second kappa shape index (κ2) is 10.9. The van der Waals surface area contributed by atoms with E-state index in [1.54, 1.807) is 10.7 Å². The third kappa shape index (κ3) is 6.27. The fourth-order valence-corrected chi connectivity index (χ4v) is 4.03. The highest BCUT2D eigenvalue weighted by Gasteiger charge is 2.18. The Morgan fingerprint density at radius 2 is 1.82 bits per heavy atom. The Balaban J connectivity index is 1.50. The molecule has 0 saturated carbocycles. The number of anilines is 1. The first-order chi connectivity index (χ1) is 16.1. The summed E-state index contributed by atoms with van der Waals surface area (Å²) in [4.78, 5) is 19.8. The number of amides is 1. The number of rotatable bonds is 10. The Kier molecular flexibility index (Phi) is 7.49. The molecular formula is C25H27N5O2S. The summed E-state index contributed by atoms with van der Waals surface area (Å²) in [5, 5.41) is 9.93. The van der Waals surface area contributed by atoms with Gasteiger partial charge in [-0.2, -0.15) is 0 Å². The molecule has 170 valence electrons. The highest BCUT2D eigenvalue weighted by atomic mass is 32.1. The van der Waals surface area contributed by atoms with Crippen LogP contribution >= 0.6 is 11.3 Å². The molecule has 0 aliphatic heterocycles. The van der Waals surface area contributed by atoms with E-state index >= 15 is 0 Å². The summed E-state index contributed by atoms with van der Waals surface area (Å²) in [5.41, 5.74) is 3.32. The normalized spacial score (nSPS) is 11.0. The number of carbonyl (C=O) groups excluding carboxylic acids is 1. The van der Waals surface area contributed by atoms with E-state index in [1.165, 1.54) is 11.3 Å². The van der Waals surface area contributed by atoms with E-state index < -0.39 is 0 Å². The maximum Gasteiger partial charge on any atom is 0.275 e. The fourth-order valence-electron chi connectivity index (χ4n) is 3.31. The quantitative estimate of drug-likeness (QED) is 0.349. The van der Waals surface area contributed by atoms with Crippen LogP contribution in [0.25, 0.3) is 11.3 Å². The molecule has 4 aromatic rings. The molecule has 2 heterocycles. The van der Waals surface area contributed by atoms with Gasteiger partial charge < -0.3 is 9.64 Å². The molecule has 7 nitrogen and oxygen atoms in total. The molecule has 0 unspecified atom stereocenters. The summed E-state index contributed by atoms with van der Waals surface area (Å²) >= 11 is 1.39. The van der Waals surface area contributed by atoms with E-state index in [9.17, 15) is 4.79 Å². The predicted molar refractivity (Wildman–Crippen MR) is 132 cm³/mol. The molecule has 0 spiro atoms. The van der Waals surface area contributed by atoms with Gasteiger partial charge in [0.15, 0.2) is 5.13 Å². The summed E-state index contributed by atoms with van der Waals surface area (Å²) in [6.45, 7) is 1.93. The molecule has 33 heavy (non-hydrogen) atoms. The second-order valence-corrected chi connectivity index (χ2v) is 8.73. The van der Waals surface area contributed by atoms with Gasteiger partial charge in [-0.1, -0.05) is 60.7 Å². The minimum Gasteiger partial charge on any atom is -0.477 e. The number of carbonyl (C=O) groups is 1. The summed E-state index contributed by atoms with van der Waals surface area (Å²) in [6, 6.07) is 21.5.